The number of nitrogens with zero attached hydrogens (tertiary/aromatic N) is 2. The normalized spacial score (nSPS) is 21.0. The van der Waals surface area contributed by atoms with Crippen molar-refractivity contribution in [1.29, 1.82) is 0 Å². The van der Waals surface area contributed by atoms with E-state index >= 15 is 0 Å². The summed E-state index contributed by atoms with van der Waals surface area (Å²) in [5.74, 6) is 1.01. The molecule has 1 amide bonds. The third-order valence-electron chi connectivity index (χ3n) is 4.05. The van der Waals surface area contributed by atoms with E-state index in [0.29, 0.717) is 41.4 Å². The molecule has 1 fully saturated rings. The predicted molar refractivity (Wildman–Crippen MR) is 79.3 cm³/mol. The van der Waals surface area contributed by atoms with Gasteiger partial charge in [-0.15, -0.1) is 0 Å². The Morgan fingerprint density at radius 3 is 3.00 bits per heavy atom. The monoisotopic (exact) mass is 301 g/mol. The summed E-state index contributed by atoms with van der Waals surface area (Å²) in [6, 6.07) is 3.40. The molecular formula is C15H15N3O4. The minimum atomic E-state index is -0.217. The van der Waals surface area contributed by atoms with E-state index in [9.17, 15) is 9.59 Å². The molecule has 2 aliphatic heterocycles. The lowest BCUT2D eigenvalue weighted by Crippen LogP contribution is -2.46. The van der Waals surface area contributed by atoms with Gasteiger partial charge in [0.05, 0.1) is 29.2 Å². The number of aromatic nitrogens is 2. The molecule has 1 aromatic heterocycles. The molecule has 1 aromatic carbocycles. The van der Waals surface area contributed by atoms with E-state index in [4.69, 9.17) is 9.47 Å². The Kier molecular flexibility index (Phi) is 2.90. The molecule has 2 aliphatic rings. The van der Waals surface area contributed by atoms with Crippen molar-refractivity contribution in [2.24, 2.45) is 0 Å². The molecule has 1 unspecified atom stereocenters. The summed E-state index contributed by atoms with van der Waals surface area (Å²) in [6.07, 6.45) is 0.783. The third-order valence-corrected chi connectivity index (χ3v) is 4.05. The number of rotatable bonds is 1. The van der Waals surface area contributed by atoms with Crippen molar-refractivity contribution in [3.63, 3.8) is 0 Å². The Morgan fingerprint density at radius 2 is 2.23 bits per heavy atom. The summed E-state index contributed by atoms with van der Waals surface area (Å²) >= 11 is 0. The molecule has 3 heterocycles. The summed E-state index contributed by atoms with van der Waals surface area (Å²) in [4.78, 5) is 33.1. The van der Waals surface area contributed by atoms with Crippen molar-refractivity contribution in [1.82, 2.24) is 9.97 Å². The van der Waals surface area contributed by atoms with Crippen LogP contribution in [0.5, 0.6) is 5.75 Å². The molecule has 0 bridgehead atoms. The van der Waals surface area contributed by atoms with Gasteiger partial charge >= 0.3 is 0 Å². The molecule has 7 heteroatoms. The second-order valence-corrected chi connectivity index (χ2v) is 5.56. The molecule has 1 N–H and O–H groups in total. The van der Waals surface area contributed by atoms with Gasteiger partial charge in [-0.25, -0.2) is 4.98 Å². The quantitative estimate of drug-likeness (QED) is 0.840. The first kappa shape index (κ1) is 13.3. The molecular weight excluding hydrogens is 286 g/mol. The number of carbonyl (C=O) groups excluding carboxylic acids is 1. The van der Waals surface area contributed by atoms with Gasteiger partial charge in [-0.1, -0.05) is 0 Å². The van der Waals surface area contributed by atoms with Crippen LogP contribution in [0.3, 0.4) is 0 Å². The largest absolute Gasteiger partial charge is 0.481 e. The molecule has 1 saturated heterocycles. The fraction of sp³-hybridized carbons (Fsp3) is 0.400. The van der Waals surface area contributed by atoms with Crippen LogP contribution in [0.25, 0.3) is 10.9 Å². The maximum absolute atomic E-state index is 12.3. The van der Waals surface area contributed by atoms with Crippen LogP contribution in [0.1, 0.15) is 12.2 Å². The highest BCUT2D eigenvalue weighted by atomic mass is 16.5. The smallest absolute Gasteiger partial charge is 0.265 e. The molecule has 0 saturated carbocycles. The summed E-state index contributed by atoms with van der Waals surface area (Å²) in [5, 5.41) is 0.451. The average molecular weight is 301 g/mol. The number of anilines is 1. The van der Waals surface area contributed by atoms with Crippen molar-refractivity contribution < 1.29 is 14.3 Å². The minimum Gasteiger partial charge on any atom is -0.481 e. The Morgan fingerprint density at radius 1 is 1.36 bits per heavy atom. The van der Waals surface area contributed by atoms with Crippen LogP contribution in [0.4, 0.5) is 5.69 Å². The Balaban J connectivity index is 1.92. The van der Waals surface area contributed by atoms with Gasteiger partial charge in [-0.3, -0.25) is 9.59 Å². The van der Waals surface area contributed by atoms with E-state index in [-0.39, 0.29) is 24.1 Å². The van der Waals surface area contributed by atoms with Gasteiger partial charge in [0.25, 0.3) is 11.5 Å². The van der Waals surface area contributed by atoms with Crippen LogP contribution < -0.4 is 15.2 Å². The minimum absolute atomic E-state index is 0.00280. The summed E-state index contributed by atoms with van der Waals surface area (Å²) < 4.78 is 10.9. The maximum atomic E-state index is 12.3. The van der Waals surface area contributed by atoms with Gasteiger partial charge in [0.2, 0.25) is 0 Å². The third kappa shape index (κ3) is 1.97. The van der Waals surface area contributed by atoms with Crippen molar-refractivity contribution >= 4 is 22.5 Å². The fourth-order valence-corrected chi connectivity index (χ4v) is 3.05. The number of aryl methyl sites for hydroxylation is 1. The van der Waals surface area contributed by atoms with Gasteiger partial charge < -0.3 is 19.4 Å². The number of hydrogen-bond donors (Lipinski definition) is 1. The van der Waals surface area contributed by atoms with E-state index in [1.165, 1.54) is 0 Å². The highest BCUT2D eigenvalue weighted by Gasteiger charge is 2.34. The lowest BCUT2D eigenvalue weighted by Gasteiger charge is -2.33. The van der Waals surface area contributed by atoms with Crippen LogP contribution >= 0.6 is 0 Å². The number of fused-ring (bicyclic) bond motifs is 2. The zero-order chi connectivity index (χ0) is 15.3. The maximum Gasteiger partial charge on any atom is 0.265 e. The Labute approximate surface area is 125 Å². The van der Waals surface area contributed by atoms with Crippen LogP contribution in [0.2, 0.25) is 0 Å². The molecule has 4 rings (SSSR count). The summed E-state index contributed by atoms with van der Waals surface area (Å²) in [6.45, 7) is 2.87. The number of H-pyrrole nitrogens is 1. The SMILES string of the molecule is Cc1nc2cc3c(cc2c(=O)[nH]1)N(C1CCOC1)C(=O)CO3. The van der Waals surface area contributed by atoms with Crippen molar-refractivity contribution in [2.75, 3.05) is 24.7 Å². The molecule has 1 atom stereocenters. The molecule has 0 spiro atoms. The number of aromatic amines is 1. The zero-order valence-electron chi connectivity index (χ0n) is 12.1. The van der Waals surface area contributed by atoms with Crippen LogP contribution in [-0.2, 0) is 9.53 Å². The van der Waals surface area contributed by atoms with E-state index in [1.807, 2.05) is 0 Å². The van der Waals surface area contributed by atoms with Gasteiger partial charge in [0.15, 0.2) is 6.61 Å². The number of ether oxygens (including phenoxy) is 2. The molecule has 0 radical (unpaired) electrons. The first-order valence-electron chi connectivity index (χ1n) is 7.21. The number of nitrogens with one attached hydrogen (secondary N) is 1. The van der Waals surface area contributed by atoms with E-state index in [1.54, 1.807) is 24.0 Å². The molecule has 2 aromatic rings. The van der Waals surface area contributed by atoms with Crippen molar-refractivity contribution in [3.05, 3.63) is 28.3 Å². The highest BCUT2D eigenvalue weighted by Crippen LogP contribution is 2.37. The van der Waals surface area contributed by atoms with Crippen LogP contribution in [-0.4, -0.2) is 41.7 Å². The topological polar surface area (TPSA) is 84.5 Å². The van der Waals surface area contributed by atoms with Gasteiger partial charge in [-0.05, 0) is 19.4 Å². The highest BCUT2D eigenvalue weighted by molar-refractivity contribution is 6.01. The van der Waals surface area contributed by atoms with Crippen molar-refractivity contribution in [3.8, 4) is 5.75 Å². The van der Waals surface area contributed by atoms with Crippen molar-refractivity contribution in [2.45, 2.75) is 19.4 Å². The van der Waals surface area contributed by atoms with E-state index < -0.39 is 0 Å². The number of carbonyl (C=O) groups is 1. The molecule has 0 aliphatic carbocycles. The van der Waals surface area contributed by atoms with E-state index in [2.05, 4.69) is 9.97 Å². The van der Waals surface area contributed by atoms with Crippen LogP contribution in [0.15, 0.2) is 16.9 Å². The second-order valence-electron chi connectivity index (χ2n) is 5.56. The standard InChI is InChI=1S/C15H15N3O4/c1-8-16-11-5-13-12(4-10(11)15(20)17-8)18(14(19)7-22-13)9-2-3-21-6-9/h4-5,9H,2-3,6-7H2,1H3,(H,16,17,20). The Bertz CT molecular complexity index is 823. The van der Waals surface area contributed by atoms with Gasteiger partial charge in [0.1, 0.15) is 11.6 Å². The number of benzene rings is 1. The second kappa shape index (κ2) is 4.81. The average Bonchev–Trinajstić information content (AvgIpc) is 2.99. The Hall–Kier alpha value is -2.41. The first-order valence-corrected chi connectivity index (χ1v) is 7.21. The van der Waals surface area contributed by atoms with Gasteiger partial charge in [0, 0.05) is 12.7 Å². The van der Waals surface area contributed by atoms with E-state index in [0.717, 1.165) is 6.42 Å². The zero-order valence-corrected chi connectivity index (χ0v) is 12.1. The van der Waals surface area contributed by atoms with Gasteiger partial charge in [-0.2, -0.15) is 0 Å². The van der Waals surface area contributed by atoms with Crippen LogP contribution in [0, 0.1) is 6.92 Å². The molecule has 22 heavy (non-hydrogen) atoms. The summed E-state index contributed by atoms with van der Waals surface area (Å²) in [5.41, 5.74) is 0.971. The molecule has 7 nitrogen and oxygen atoms in total. The number of hydrogen-bond acceptors (Lipinski definition) is 5. The fourth-order valence-electron chi connectivity index (χ4n) is 3.05. The lowest BCUT2D eigenvalue weighted by atomic mass is 10.1. The lowest BCUT2D eigenvalue weighted by molar-refractivity contribution is -0.121. The predicted octanol–water partition coefficient (Wildman–Crippen LogP) is 0.746. The first-order chi connectivity index (χ1) is 10.6. The molecule has 114 valence electrons. The number of amides is 1. The summed E-state index contributed by atoms with van der Waals surface area (Å²) in [7, 11) is 0.